The number of amides is 1. The van der Waals surface area contributed by atoms with Crippen LogP contribution in [-0.2, 0) is 11.2 Å². The summed E-state index contributed by atoms with van der Waals surface area (Å²) in [5.41, 5.74) is 3.29. The topological polar surface area (TPSA) is 29.5 Å². The maximum atomic E-state index is 12.9. The Labute approximate surface area is 143 Å². The fourth-order valence-electron chi connectivity index (χ4n) is 3.32. The number of ether oxygens (including phenoxy) is 1. The molecule has 1 aliphatic heterocycles. The van der Waals surface area contributed by atoms with Crippen molar-refractivity contribution in [1.29, 1.82) is 0 Å². The Bertz CT molecular complexity index is 694. The summed E-state index contributed by atoms with van der Waals surface area (Å²) in [5, 5.41) is 0. The zero-order valence-electron chi connectivity index (χ0n) is 14.0. The van der Waals surface area contributed by atoms with Crippen LogP contribution in [0.15, 0.2) is 72.5 Å². The second kappa shape index (κ2) is 7.82. The largest absolute Gasteiger partial charge is 0.504 e. The van der Waals surface area contributed by atoms with Gasteiger partial charge < -0.3 is 9.64 Å². The van der Waals surface area contributed by atoms with Crippen molar-refractivity contribution < 1.29 is 9.53 Å². The number of rotatable bonds is 4. The molecule has 124 valence electrons. The lowest BCUT2D eigenvalue weighted by Crippen LogP contribution is -2.45. The predicted octanol–water partition coefficient (Wildman–Crippen LogP) is 4.06. The number of likely N-dealkylation sites (tertiary alicyclic amines) is 1. The van der Waals surface area contributed by atoms with Crippen molar-refractivity contribution in [1.82, 2.24) is 4.90 Å². The Morgan fingerprint density at radius 3 is 2.46 bits per heavy atom. The molecule has 1 fully saturated rings. The average molecular weight is 321 g/mol. The van der Waals surface area contributed by atoms with E-state index in [-0.39, 0.29) is 11.9 Å². The van der Waals surface area contributed by atoms with Gasteiger partial charge >= 0.3 is 0 Å². The van der Waals surface area contributed by atoms with E-state index in [0.717, 1.165) is 31.4 Å². The zero-order valence-corrected chi connectivity index (χ0v) is 14.0. The van der Waals surface area contributed by atoms with E-state index in [1.807, 2.05) is 59.7 Å². The van der Waals surface area contributed by atoms with Gasteiger partial charge in [-0.2, -0.15) is 0 Å². The van der Waals surface area contributed by atoms with Crippen LogP contribution >= 0.6 is 0 Å². The number of carbonyl (C=O) groups is 1. The first-order chi connectivity index (χ1) is 11.8. The lowest BCUT2D eigenvalue weighted by Gasteiger charge is -2.37. The van der Waals surface area contributed by atoms with Crippen molar-refractivity contribution in [2.75, 3.05) is 13.7 Å². The van der Waals surface area contributed by atoms with Crippen molar-refractivity contribution in [2.24, 2.45) is 0 Å². The molecule has 3 rings (SSSR count). The van der Waals surface area contributed by atoms with E-state index in [4.69, 9.17) is 4.74 Å². The molecule has 2 aromatic carbocycles. The fraction of sp³-hybridized carbons (Fsp3) is 0.286. The molecule has 3 nitrogen and oxygen atoms in total. The van der Waals surface area contributed by atoms with E-state index in [0.29, 0.717) is 0 Å². The van der Waals surface area contributed by atoms with Crippen molar-refractivity contribution in [2.45, 2.75) is 25.3 Å². The van der Waals surface area contributed by atoms with Crippen LogP contribution in [0, 0.1) is 0 Å². The summed E-state index contributed by atoms with van der Waals surface area (Å²) in [6.45, 7) is 0.737. The third kappa shape index (κ3) is 3.85. The molecule has 1 unspecified atom stereocenters. The van der Waals surface area contributed by atoms with Crippen LogP contribution in [0.4, 0.5) is 0 Å². The van der Waals surface area contributed by atoms with Gasteiger partial charge in [-0.25, -0.2) is 0 Å². The highest BCUT2D eigenvalue weighted by molar-refractivity contribution is 5.94. The summed E-state index contributed by atoms with van der Waals surface area (Å²) < 4.78 is 5.19. The van der Waals surface area contributed by atoms with Crippen LogP contribution in [0.5, 0.6) is 0 Å². The Morgan fingerprint density at radius 2 is 1.79 bits per heavy atom. The minimum atomic E-state index is 0.119. The summed E-state index contributed by atoms with van der Waals surface area (Å²) >= 11 is 0. The van der Waals surface area contributed by atoms with Gasteiger partial charge in [-0.1, -0.05) is 48.5 Å². The molecule has 1 amide bonds. The second-order valence-corrected chi connectivity index (χ2v) is 6.17. The standard InChI is InChI=1S/C21H23NO2/c1-24-16-18-12-13-22(21(23)19-10-6-3-7-11-19)20(15-18)14-17-8-4-2-5-9-17/h2-11,16,20H,12-15H2,1H3/b18-16-. The first-order valence-corrected chi connectivity index (χ1v) is 8.38. The highest BCUT2D eigenvalue weighted by atomic mass is 16.5. The van der Waals surface area contributed by atoms with Crippen LogP contribution in [0.3, 0.4) is 0 Å². The van der Waals surface area contributed by atoms with Crippen LogP contribution in [-0.4, -0.2) is 30.5 Å². The molecule has 1 saturated heterocycles. The van der Waals surface area contributed by atoms with Gasteiger partial charge in [0.1, 0.15) is 0 Å². The monoisotopic (exact) mass is 321 g/mol. The summed E-state index contributed by atoms with van der Waals surface area (Å²) in [5.74, 6) is 0.119. The molecule has 1 heterocycles. The van der Waals surface area contributed by atoms with Crippen LogP contribution in [0.1, 0.15) is 28.8 Å². The Morgan fingerprint density at radius 1 is 1.12 bits per heavy atom. The maximum Gasteiger partial charge on any atom is 0.254 e. The van der Waals surface area contributed by atoms with Crippen molar-refractivity contribution >= 4 is 5.91 Å². The summed E-state index contributed by atoms with van der Waals surface area (Å²) in [7, 11) is 1.68. The molecule has 0 spiro atoms. The van der Waals surface area contributed by atoms with E-state index in [1.54, 1.807) is 7.11 Å². The second-order valence-electron chi connectivity index (χ2n) is 6.17. The summed E-state index contributed by atoms with van der Waals surface area (Å²) in [6.07, 6.45) is 4.43. The molecule has 0 saturated carbocycles. The van der Waals surface area contributed by atoms with Gasteiger partial charge in [-0.05, 0) is 42.5 Å². The molecule has 0 bridgehead atoms. The number of carbonyl (C=O) groups excluding carboxylic acids is 1. The SMILES string of the molecule is CO/C=C1/CCN(C(=O)c2ccccc2)C(Cc2ccccc2)C1. The lowest BCUT2D eigenvalue weighted by molar-refractivity contribution is 0.0647. The lowest BCUT2D eigenvalue weighted by atomic mass is 9.92. The third-order valence-electron chi connectivity index (χ3n) is 4.49. The van der Waals surface area contributed by atoms with Crippen LogP contribution in [0.2, 0.25) is 0 Å². The Balaban J connectivity index is 1.82. The number of piperidine rings is 1. The van der Waals surface area contributed by atoms with E-state index in [2.05, 4.69) is 12.1 Å². The van der Waals surface area contributed by atoms with Crippen LogP contribution in [0.25, 0.3) is 0 Å². The summed E-state index contributed by atoms with van der Waals surface area (Å²) in [6, 6.07) is 20.1. The Kier molecular flexibility index (Phi) is 5.32. The summed E-state index contributed by atoms with van der Waals surface area (Å²) in [4.78, 5) is 15.0. The zero-order chi connectivity index (χ0) is 16.8. The molecule has 24 heavy (non-hydrogen) atoms. The molecule has 0 aliphatic carbocycles. The van der Waals surface area contributed by atoms with E-state index in [1.165, 1.54) is 11.1 Å². The fourth-order valence-corrected chi connectivity index (χ4v) is 3.32. The van der Waals surface area contributed by atoms with Gasteiger partial charge in [0.25, 0.3) is 5.91 Å². The quantitative estimate of drug-likeness (QED) is 0.795. The van der Waals surface area contributed by atoms with Crippen molar-refractivity contribution in [3.8, 4) is 0 Å². The molecular formula is C21H23NO2. The normalized spacial score (nSPS) is 19.3. The van der Waals surface area contributed by atoms with Gasteiger partial charge in [-0.15, -0.1) is 0 Å². The van der Waals surface area contributed by atoms with Gasteiger partial charge in [-0.3, -0.25) is 4.79 Å². The highest BCUT2D eigenvalue weighted by Crippen LogP contribution is 2.26. The third-order valence-corrected chi connectivity index (χ3v) is 4.49. The molecule has 1 atom stereocenters. The maximum absolute atomic E-state index is 12.9. The number of benzene rings is 2. The van der Waals surface area contributed by atoms with E-state index in [9.17, 15) is 4.79 Å². The molecule has 0 aromatic heterocycles. The van der Waals surface area contributed by atoms with Gasteiger partial charge in [0.05, 0.1) is 13.4 Å². The first-order valence-electron chi connectivity index (χ1n) is 8.38. The minimum absolute atomic E-state index is 0.119. The van der Waals surface area contributed by atoms with Gasteiger partial charge in [0.15, 0.2) is 0 Å². The van der Waals surface area contributed by atoms with Crippen molar-refractivity contribution in [3.05, 3.63) is 83.6 Å². The number of hydrogen-bond donors (Lipinski definition) is 0. The average Bonchev–Trinajstić information content (AvgIpc) is 2.63. The molecule has 3 heteroatoms. The van der Waals surface area contributed by atoms with E-state index < -0.39 is 0 Å². The molecule has 1 aliphatic rings. The highest BCUT2D eigenvalue weighted by Gasteiger charge is 2.29. The number of hydrogen-bond acceptors (Lipinski definition) is 2. The van der Waals surface area contributed by atoms with Gasteiger partial charge in [0, 0.05) is 18.2 Å². The van der Waals surface area contributed by atoms with Crippen molar-refractivity contribution in [3.63, 3.8) is 0 Å². The first kappa shape index (κ1) is 16.3. The number of methoxy groups -OCH3 is 1. The molecule has 2 aromatic rings. The molecular weight excluding hydrogens is 298 g/mol. The molecule has 0 N–H and O–H groups in total. The predicted molar refractivity (Wildman–Crippen MR) is 95.7 cm³/mol. The number of nitrogens with zero attached hydrogens (tertiary/aromatic N) is 1. The molecule has 0 radical (unpaired) electrons. The van der Waals surface area contributed by atoms with Crippen LogP contribution < -0.4 is 0 Å². The minimum Gasteiger partial charge on any atom is -0.504 e. The Hall–Kier alpha value is -2.55. The van der Waals surface area contributed by atoms with E-state index >= 15 is 0 Å². The van der Waals surface area contributed by atoms with Gasteiger partial charge in [0.2, 0.25) is 0 Å². The smallest absolute Gasteiger partial charge is 0.254 e.